The number of hydrogen-bond donors (Lipinski definition) is 2. The van der Waals surface area contributed by atoms with E-state index in [1.807, 2.05) is 0 Å². The third-order valence-electron chi connectivity index (χ3n) is 3.23. The lowest BCUT2D eigenvalue weighted by Gasteiger charge is -2.14. The van der Waals surface area contributed by atoms with Crippen LogP contribution in [0.5, 0.6) is 0 Å². The van der Waals surface area contributed by atoms with E-state index in [9.17, 15) is 22.8 Å². The van der Waals surface area contributed by atoms with Gasteiger partial charge in [-0.15, -0.1) is 0 Å². The second-order valence-corrected chi connectivity index (χ2v) is 6.23. The van der Waals surface area contributed by atoms with Crippen molar-refractivity contribution in [1.29, 1.82) is 0 Å². The van der Waals surface area contributed by atoms with Crippen LogP contribution in [0.2, 0.25) is 0 Å². The Labute approximate surface area is 151 Å². The summed E-state index contributed by atoms with van der Waals surface area (Å²) in [5, 5.41) is 2.50. The fraction of sp³-hybridized carbons (Fsp3) is 0.176. The number of ether oxygens (including phenoxy) is 1. The van der Waals surface area contributed by atoms with Crippen molar-refractivity contribution in [3.8, 4) is 0 Å². The summed E-state index contributed by atoms with van der Waals surface area (Å²) in [6.45, 7) is 1.36. The van der Waals surface area contributed by atoms with E-state index in [0.29, 0.717) is 22.3 Å². The number of rotatable bonds is 6. The monoisotopic (exact) mass is 384 g/mol. The second kappa shape index (κ2) is 8.61. The molecule has 1 amide bonds. The van der Waals surface area contributed by atoms with E-state index in [2.05, 4.69) is 5.32 Å². The molecule has 1 atom stereocenters. The number of nitrogens with one attached hydrogen (secondary N) is 1. The molecule has 2 aromatic rings. The number of carbonyl (C=O) groups is 2. The highest BCUT2D eigenvalue weighted by Crippen LogP contribution is 2.26. The molecule has 138 valence electrons. The van der Waals surface area contributed by atoms with Gasteiger partial charge in [0, 0.05) is 16.3 Å². The van der Waals surface area contributed by atoms with Crippen molar-refractivity contribution in [3.63, 3.8) is 0 Å². The highest BCUT2D eigenvalue weighted by atomic mass is 32.2. The van der Waals surface area contributed by atoms with Crippen molar-refractivity contribution in [2.45, 2.75) is 23.7 Å². The zero-order valence-electron chi connectivity index (χ0n) is 13.5. The van der Waals surface area contributed by atoms with Gasteiger partial charge in [-0.2, -0.15) is 8.78 Å². The minimum Gasteiger partial charge on any atom is -0.449 e. The lowest BCUT2D eigenvalue weighted by molar-refractivity contribution is -0.123. The third-order valence-corrected chi connectivity index (χ3v) is 3.96. The molecule has 0 aliphatic rings. The van der Waals surface area contributed by atoms with E-state index in [4.69, 9.17) is 10.5 Å². The number of carbonyl (C=O) groups excluding carboxylic acids is 2. The van der Waals surface area contributed by atoms with Gasteiger partial charge in [-0.3, -0.25) is 4.79 Å². The second-order valence-electron chi connectivity index (χ2n) is 5.17. The molecular formula is C17H15F3N2O3S. The van der Waals surface area contributed by atoms with Gasteiger partial charge in [0.1, 0.15) is 5.82 Å². The topological polar surface area (TPSA) is 81.4 Å². The molecule has 0 aliphatic heterocycles. The molecule has 0 fully saturated rings. The number of amides is 1. The maximum Gasteiger partial charge on any atom is 0.341 e. The molecule has 0 spiro atoms. The summed E-state index contributed by atoms with van der Waals surface area (Å²) in [5.41, 5.74) is 5.75. The molecule has 0 bridgehead atoms. The molecule has 0 unspecified atom stereocenters. The summed E-state index contributed by atoms with van der Waals surface area (Å²) in [5.74, 6) is -4.62. The quantitative estimate of drug-likeness (QED) is 0.448. The predicted octanol–water partition coefficient (Wildman–Crippen LogP) is 3.91. The number of alkyl halides is 2. The van der Waals surface area contributed by atoms with Crippen molar-refractivity contribution in [3.05, 3.63) is 53.8 Å². The summed E-state index contributed by atoms with van der Waals surface area (Å²) in [6.07, 6.45) is -1.15. The Balaban J connectivity index is 1.95. The maximum absolute atomic E-state index is 13.0. The Morgan fingerprint density at radius 1 is 1.15 bits per heavy atom. The normalized spacial score (nSPS) is 11.9. The van der Waals surface area contributed by atoms with Gasteiger partial charge in [0.05, 0.1) is 5.56 Å². The summed E-state index contributed by atoms with van der Waals surface area (Å²) >= 11 is 0.387. The van der Waals surface area contributed by atoms with Gasteiger partial charge in [0.15, 0.2) is 6.10 Å². The van der Waals surface area contributed by atoms with Crippen molar-refractivity contribution in [2.24, 2.45) is 0 Å². The van der Waals surface area contributed by atoms with Crippen LogP contribution in [-0.2, 0) is 9.53 Å². The van der Waals surface area contributed by atoms with Crippen molar-refractivity contribution < 1.29 is 27.5 Å². The fourth-order valence-electron chi connectivity index (χ4n) is 1.96. The number of benzene rings is 2. The van der Waals surface area contributed by atoms with E-state index in [1.54, 1.807) is 0 Å². The lowest BCUT2D eigenvalue weighted by atomic mass is 10.2. The van der Waals surface area contributed by atoms with Crippen LogP contribution in [0.3, 0.4) is 0 Å². The first kappa shape index (κ1) is 19.6. The van der Waals surface area contributed by atoms with Crippen LogP contribution in [0, 0.1) is 5.82 Å². The molecular weight excluding hydrogens is 369 g/mol. The van der Waals surface area contributed by atoms with Gasteiger partial charge >= 0.3 is 5.97 Å². The average Bonchev–Trinajstić information content (AvgIpc) is 2.55. The van der Waals surface area contributed by atoms with Crippen LogP contribution in [0.4, 0.5) is 24.5 Å². The molecule has 9 heteroatoms. The Kier molecular flexibility index (Phi) is 6.51. The lowest BCUT2D eigenvalue weighted by Crippen LogP contribution is -2.30. The van der Waals surface area contributed by atoms with Gasteiger partial charge in [-0.25, -0.2) is 9.18 Å². The van der Waals surface area contributed by atoms with E-state index in [0.717, 1.165) is 18.2 Å². The Hall–Kier alpha value is -2.68. The van der Waals surface area contributed by atoms with Crippen LogP contribution >= 0.6 is 11.8 Å². The minimum atomic E-state index is -2.53. The number of thioether (sulfide) groups is 1. The van der Waals surface area contributed by atoms with Crippen LogP contribution < -0.4 is 11.1 Å². The van der Waals surface area contributed by atoms with E-state index < -0.39 is 29.6 Å². The van der Waals surface area contributed by atoms with Gasteiger partial charge in [0.25, 0.3) is 11.7 Å². The fourth-order valence-corrected chi connectivity index (χ4v) is 2.46. The van der Waals surface area contributed by atoms with E-state index in [1.165, 1.54) is 31.2 Å². The molecule has 5 nitrogen and oxygen atoms in total. The summed E-state index contributed by atoms with van der Waals surface area (Å²) < 4.78 is 42.5. The van der Waals surface area contributed by atoms with Crippen molar-refractivity contribution in [2.75, 3.05) is 11.1 Å². The predicted molar refractivity (Wildman–Crippen MR) is 92.6 cm³/mol. The van der Waals surface area contributed by atoms with E-state index in [-0.39, 0.29) is 11.3 Å². The molecule has 26 heavy (non-hydrogen) atoms. The molecule has 0 saturated carbocycles. The molecule has 3 N–H and O–H groups in total. The number of nitrogen functional groups attached to an aromatic ring is 1. The van der Waals surface area contributed by atoms with Crippen molar-refractivity contribution >= 4 is 35.0 Å². The number of anilines is 2. The highest BCUT2D eigenvalue weighted by molar-refractivity contribution is 7.99. The smallest absolute Gasteiger partial charge is 0.341 e. The average molecular weight is 384 g/mol. The maximum atomic E-state index is 13.0. The number of esters is 1. The standard InChI is InChI=1S/C17H15F3N2O3S/c1-9(25-16(24)13-7-2-10(18)8-14(13)21)15(23)22-11-3-5-12(6-4-11)26-17(19)20/h2-9,17H,21H2,1H3,(H,22,23)/t9-/m0/s1. The molecule has 2 aromatic carbocycles. The third kappa shape index (κ3) is 5.41. The molecule has 0 saturated heterocycles. The Bertz CT molecular complexity index is 800. The zero-order chi connectivity index (χ0) is 19.3. The molecule has 0 heterocycles. The van der Waals surface area contributed by atoms with Crippen LogP contribution in [0.15, 0.2) is 47.4 Å². The Morgan fingerprint density at radius 2 is 1.81 bits per heavy atom. The molecule has 0 aliphatic carbocycles. The van der Waals surface area contributed by atoms with Gasteiger partial charge < -0.3 is 15.8 Å². The van der Waals surface area contributed by atoms with Crippen LogP contribution in [-0.4, -0.2) is 23.7 Å². The van der Waals surface area contributed by atoms with Gasteiger partial charge in [-0.05, 0) is 49.4 Å². The first-order chi connectivity index (χ1) is 12.3. The van der Waals surface area contributed by atoms with Gasteiger partial charge in [-0.1, -0.05) is 11.8 Å². The number of nitrogens with two attached hydrogens (primary N) is 1. The number of halogens is 3. The van der Waals surface area contributed by atoms with Crippen LogP contribution in [0.25, 0.3) is 0 Å². The first-order valence-corrected chi connectivity index (χ1v) is 8.26. The summed E-state index contributed by atoms with van der Waals surface area (Å²) in [4.78, 5) is 24.4. The summed E-state index contributed by atoms with van der Waals surface area (Å²) in [6, 6.07) is 8.96. The largest absolute Gasteiger partial charge is 0.449 e. The van der Waals surface area contributed by atoms with Crippen LogP contribution in [0.1, 0.15) is 17.3 Å². The highest BCUT2D eigenvalue weighted by Gasteiger charge is 2.20. The summed E-state index contributed by atoms with van der Waals surface area (Å²) in [7, 11) is 0. The number of hydrogen-bond acceptors (Lipinski definition) is 5. The van der Waals surface area contributed by atoms with Crippen molar-refractivity contribution in [1.82, 2.24) is 0 Å². The van der Waals surface area contributed by atoms with Gasteiger partial charge in [0.2, 0.25) is 0 Å². The molecule has 2 rings (SSSR count). The molecule has 0 radical (unpaired) electrons. The minimum absolute atomic E-state index is 0.0561. The SMILES string of the molecule is C[C@H](OC(=O)c1ccc(F)cc1N)C(=O)Nc1ccc(SC(F)F)cc1. The Morgan fingerprint density at radius 3 is 2.38 bits per heavy atom. The molecule has 0 aromatic heterocycles. The zero-order valence-corrected chi connectivity index (χ0v) is 14.4. The first-order valence-electron chi connectivity index (χ1n) is 7.38. The van der Waals surface area contributed by atoms with E-state index >= 15 is 0 Å².